The summed E-state index contributed by atoms with van der Waals surface area (Å²) in [7, 11) is 1.42. The van der Waals surface area contributed by atoms with E-state index in [4.69, 9.17) is 4.74 Å². The highest BCUT2D eigenvalue weighted by Gasteiger charge is 2.30. The number of carbonyl (C=O) groups excluding carboxylic acids is 1. The van der Waals surface area contributed by atoms with Gasteiger partial charge in [0.2, 0.25) is 0 Å². The number of hydrogen-bond acceptors (Lipinski definition) is 5. The Morgan fingerprint density at radius 1 is 1.27 bits per heavy atom. The first kappa shape index (κ1) is 19.1. The molecule has 26 heavy (non-hydrogen) atoms. The summed E-state index contributed by atoms with van der Waals surface area (Å²) in [5.74, 6) is -0.318. The molecule has 2 rings (SSSR count). The summed E-state index contributed by atoms with van der Waals surface area (Å²) in [4.78, 5) is 11.7. The summed E-state index contributed by atoms with van der Waals surface area (Å²) in [6.45, 7) is -0.257. The van der Waals surface area contributed by atoms with E-state index in [0.717, 1.165) is 12.1 Å². The zero-order valence-corrected chi connectivity index (χ0v) is 13.7. The molecule has 0 aliphatic rings. The van der Waals surface area contributed by atoms with Crippen molar-refractivity contribution >= 4 is 17.8 Å². The van der Waals surface area contributed by atoms with Crippen LogP contribution in [0.1, 0.15) is 11.1 Å². The molecule has 0 fully saturated rings. The Balaban J connectivity index is 1.87. The number of hydrazone groups is 1. The van der Waals surface area contributed by atoms with Crippen molar-refractivity contribution in [3.63, 3.8) is 0 Å². The topological polar surface area (TPSA) is 83.0 Å². The number of phenols is 1. The van der Waals surface area contributed by atoms with Crippen LogP contribution >= 0.6 is 0 Å². The van der Waals surface area contributed by atoms with Gasteiger partial charge in [0.05, 0.1) is 25.4 Å². The Bertz CT molecular complexity index is 807. The summed E-state index contributed by atoms with van der Waals surface area (Å²) < 4.78 is 42.8. The number of nitrogens with zero attached hydrogens (tertiary/aromatic N) is 1. The molecule has 0 spiro atoms. The Kier molecular flexibility index (Phi) is 6.05. The monoisotopic (exact) mass is 367 g/mol. The zero-order chi connectivity index (χ0) is 19.2. The van der Waals surface area contributed by atoms with Gasteiger partial charge < -0.3 is 15.2 Å². The smallest absolute Gasteiger partial charge is 0.416 e. The molecule has 0 aliphatic carbocycles. The number of nitrogens with one attached hydrogen (secondary N) is 2. The molecule has 3 N–H and O–H groups in total. The first-order valence-electron chi connectivity index (χ1n) is 7.39. The van der Waals surface area contributed by atoms with Crippen molar-refractivity contribution in [1.29, 1.82) is 0 Å². The Labute approximate surface area is 147 Å². The molecule has 0 aliphatic heterocycles. The highest BCUT2D eigenvalue weighted by molar-refractivity contribution is 5.84. The molecular weight excluding hydrogens is 351 g/mol. The fraction of sp³-hybridized carbons (Fsp3) is 0.176. The lowest BCUT2D eigenvalue weighted by molar-refractivity contribution is -0.137. The van der Waals surface area contributed by atoms with E-state index in [1.54, 1.807) is 6.07 Å². The van der Waals surface area contributed by atoms with E-state index in [2.05, 4.69) is 15.8 Å². The molecule has 0 unspecified atom stereocenters. The van der Waals surface area contributed by atoms with E-state index in [0.29, 0.717) is 11.3 Å². The maximum atomic E-state index is 12.6. The van der Waals surface area contributed by atoms with Crippen LogP contribution in [0.3, 0.4) is 0 Å². The summed E-state index contributed by atoms with van der Waals surface area (Å²) in [5.41, 5.74) is 2.11. The summed E-state index contributed by atoms with van der Waals surface area (Å²) in [5, 5.41) is 15.9. The molecule has 0 saturated carbocycles. The average molecular weight is 367 g/mol. The van der Waals surface area contributed by atoms with Crippen LogP contribution in [0.5, 0.6) is 11.5 Å². The second-order valence-corrected chi connectivity index (χ2v) is 5.16. The molecule has 2 aromatic carbocycles. The Hall–Kier alpha value is -3.23. The van der Waals surface area contributed by atoms with E-state index < -0.39 is 17.6 Å². The number of anilines is 1. The van der Waals surface area contributed by atoms with Gasteiger partial charge in [-0.05, 0) is 42.0 Å². The van der Waals surface area contributed by atoms with Crippen LogP contribution in [0.4, 0.5) is 18.9 Å². The van der Waals surface area contributed by atoms with Crippen LogP contribution in [0.15, 0.2) is 47.6 Å². The molecule has 0 aromatic heterocycles. The summed E-state index contributed by atoms with van der Waals surface area (Å²) >= 11 is 0. The molecule has 0 bridgehead atoms. The zero-order valence-electron chi connectivity index (χ0n) is 13.7. The third-order valence-electron chi connectivity index (χ3n) is 3.25. The predicted octanol–water partition coefficient (Wildman–Crippen LogP) is 2.98. The lowest BCUT2D eigenvalue weighted by atomic mass is 10.2. The number of amides is 1. The number of carbonyl (C=O) groups is 1. The number of aromatic hydroxyl groups is 1. The van der Waals surface area contributed by atoms with Crippen molar-refractivity contribution in [2.75, 3.05) is 19.0 Å². The first-order chi connectivity index (χ1) is 12.3. The van der Waals surface area contributed by atoms with E-state index in [-0.39, 0.29) is 18.0 Å². The van der Waals surface area contributed by atoms with Gasteiger partial charge in [-0.25, -0.2) is 5.43 Å². The van der Waals surface area contributed by atoms with E-state index in [1.165, 1.54) is 37.6 Å². The molecule has 0 radical (unpaired) electrons. The molecule has 138 valence electrons. The first-order valence-corrected chi connectivity index (χ1v) is 7.39. The second kappa shape index (κ2) is 8.24. The van der Waals surface area contributed by atoms with Gasteiger partial charge in [-0.3, -0.25) is 4.79 Å². The Morgan fingerprint density at radius 2 is 2.04 bits per heavy atom. The number of benzene rings is 2. The number of rotatable bonds is 6. The van der Waals surface area contributed by atoms with Crippen molar-refractivity contribution in [2.45, 2.75) is 6.18 Å². The molecule has 2 aromatic rings. The molecule has 0 atom stereocenters. The van der Waals surface area contributed by atoms with Gasteiger partial charge in [0.1, 0.15) is 0 Å². The minimum absolute atomic E-state index is 0.0750. The second-order valence-electron chi connectivity index (χ2n) is 5.16. The molecular formula is C17H16F3N3O3. The lowest BCUT2D eigenvalue weighted by Gasteiger charge is -2.10. The number of ether oxygens (including phenoxy) is 1. The van der Waals surface area contributed by atoms with E-state index >= 15 is 0 Å². The van der Waals surface area contributed by atoms with Gasteiger partial charge in [-0.1, -0.05) is 6.07 Å². The van der Waals surface area contributed by atoms with Crippen molar-refractivity contribution in [2.24, 2.45) is 5.10 Å². The summed E-state index contributed by atoms with van der Waals surface area (Å²) in [6.07, 6.45) is -3.14. The van der Waals surface area contributed by atoms with Crippen LogP contribution in [-0.4, -0.2) is 30.9 Å². The van der Waals surface area contributed by atoms with E-state index in [1.807, 2.05) is 0 Å². The largest absolute Gasteiger partial charge is 0.504 e. The predicted molar refractivity (Wildman–Crippen MR) is 90.3 cm³/mol. The van der Waals surface area contributed by atoms with Crippen molar-refractivity contribution in [1.82, 2.24) is 5.43 Å². The molecule has 0 heterocycles. The number of halogens is 3. The van der Waals surface area contributed by atoms with Gasteiger partial charge in [-0.15, -0.1) is 0 Å². The molecule has 1 amide bonds. The van der Waals surface area contributed by atoms with Crippen molar-refractivity contribution in [3.05, 3.63) is 53.6 Å². The van der Waals surface area contributed by atoms with Crippen LogP contribution < -0.4 is 15.5 Å². The maximum Gasteiger partial charge on any atom is 0.416 e. The van der Waals surface area contributed by atoms with Crippen LogP contribution in [0, 0.1) is 0 Å². The third kappa shape index (κ3) is 5.40. The minimum atomic E-state index is -4.45. The number of methoxy groups -OCH3 is 1. The molecule has 0 saturated heterocycles. The third-order valence-corrected chi connectivity index (χ3v) is 3.25. The van der Waals surface area contributed by atoms with Gasteiger partial charge in [0.25, 0.3) is 5.91 Å². The Morgan fingerprint density at radius 3 is 2.69 bits per heavy atom. The summed E-state index contributed by atoms with van der Waals surface area (Å²) in [6, 6.07) is 9.08. The van der Waals surface area contributed by atoms with Crippen LogP contribution in [-0.2, 0) is 11.0 Å². The van der Waals surface area contributed by atoms with Gasteiger partial charge >= 0.3 is 6.18 Å². The lowest BCUT2D eigenvalue weighted by Crippen LogP contribution is -2.26. The standard InChI is InChI=1S/C17H16F3N3O3/c1-26-15-6-5-11(7-14(15)24)9-22-23-16(25)10-21-13-4-2-3-12(8-13)17(18,19)20/h2-9,21,24H,10H2,1H3,(H,23,25). The van der Waals surface area contributed by atoms with Crippen LogP contribution in [0.25, 0.3) is 0 Å². The number of phenolic OH excluding ortho intramolecular Hbond substituents is 1. The molecule has 9 heteroatoms. The maximum absolute atomic E-state index is 12.6. The van der Waals surface area contributed by atoms with Gasteiger partial charge in [0.15, 0.2) is 11.5 Å². The van der Waals surface area contributed by atoms with Crippen molar-refractivity contribution < 1.29 is 27.8 Å². The minimum Gasteiger partial charge on any atom is -0.504 e. The highest BCUT2D eigenvalue weighted by Crippen LogP contribution is 2.30. The quantitative estimate of drug-likeness (QED) is 0.542. The van der Waals surface area contributed by atoms with Crippen molar-refractivity contribution in [3.8, 4) is 11.5 Å². The van der Waals surface area contributed by atoms with Gasteiger partial charge in [0, 0.05) is 5.69 Å². The van der Waals surface area contributed by atoms with Gasteiger partial charge in [-0.2, -0.15) is 18.3 Å². The highest BCUT2D eigenvalue weighted by atomic mass is 19.4. The van der Waals surface area contributed by atoms with Crippen LogP contribution in [0.2, 0.25) is 0 Å². The normalized spacial score (nSPS) is 11.4. The van der Waals surface area contributed by atoms with E-state index in [9.17, 15) is 23.1 Å². The molecule has 6 nitrogen and oxygen atoms in total. The fourth-order valence-corrected chi connectivity index (χ4v) is 1.99. The fourth-order valence-electron chi connectivity index (χ4n) is 1.99. The average Bonchev–Trinajstić information content (AvgIpc) is 2.60. The number of hydrogen-bond donors (Lipinski definition) is 3. The number of alkyl halides is 3. The SMILES string of the molecule is COc1ccc(C=NNC(=O)CNc2cccc(C(F)(F)F)c2)cc1O.